The van der Waals surface area contributed by atoms with Gasteiger partial charge in [0.1, 0.15) is 12.3 Å². The van der Waals surface area contributed by atoms with Crippen LogP contribution in [0.3, 0.4) is 0 Å². The lowest BCUT2D eigenvalue weighted by atomic mass is 9.63. The molecule has 0 spiro atoms. The molecule has 6 unspecified atom stereocenters. The van der Waals surface area contributed by atoms with Gasteiger partial charge < -0.3 is 10.1 Å². The van der Waals surface area contributed by atoms with Crippen LogP contribution in [-0.2, 0) is 14.4 Å². The number of hydrogen-bond acceptors (Lipinski definition) is 5. The summed E-state index contributed by atoms with van der Waals surface area (Å²) < 4.78 is 5.36. The predicted octanol–water partition coefficient (Wildman–Crippen LogP) is 2.24. The van der Waals surface area contributed by atoms with Gasteiger partial charge in [0.2, 0.25) is 17.7 Å². The fourth-order valence-electron chi connectivity index (χ4n) is 5.94. The average Bonchev–Trinajstić information content (AvgIpc) is 3.54. The van der Waals surface area contributed by atoms with Crippen LogP contribution in [0.5, 0.6) is 5.75 Å². The van der Waals surface area contributed by atoms with E-state index in [1.54, 1.807) is 31.5 Å². The molecule has 2 heterocycles. The normalized spacial score (nSPS) is 32.9. The quantitative estimate of drug-likeness (QED) is 0.625. The minimum Gasteiger partial charge on any atom is -0.496 e. The summed E-state index contributed by atoms with van der Waals surface area (Å²) in [5.41, 5.74) is 1.12. The summed E-state index contributed by atoms with van der Waals surface area (Å²) in [6.07, 6.45) is 6.99. The van der Waals surface area contributed by atoms with Crippen molar-refractivity contribution in [3.63, 3.8) is 0 Å². The molecule has 0 radical (unpaired) electrons. The minimum atomic E-state index is -0.405. The lowest BCUT2D eigenvalue weighted by molar-refractivity contribution is -0.142. The Labute approximate surface area is 173 Å². The number of carbonyl (C=O) groups is 3. The van der Waals surface area contributed by atoms with Gasteiger partial charge in [-0.15, -0.1) is 0 Å². The number of methoxy groups -OCH3 is 1. The first kappa shape index (κ1) is 17.6. The van der Waals surface area contributed by atoms with Crippen LogP contribution >= 0.6 is 0 Å². The number of benzene rings is 1. The molecule has 1 N–H and O–H groups in total. The Morgan fingerprint density at radius 3 is 2.50 bits per heavy atom. The monoisotopic (exact) mass is 403 g/mol. The van der Waals surface area contributed by atoms with E-state index < -0.39 is 5.91 Å². The van der Waals surface area contributed by atoms with Crippen molar-refractivity contribution in [3.05, 3.63) is 42.6 Å². The average molecular weight is 403 g/mol. The van der Waals surface area contributed by atoms with Gasteiger partial charge in [0.25, 0.3) is 0 Å². The smallest absolute Gasteiger partial charge is 0.244 e. The molecule has 7 rings (SSSR count). The highest BCUT2D eigenvalue weighted by molar-refractivity contribution is 6.10. The Morgan fingerprint density at radius 2 is 1.83 bits per heavy atom. The first-order valence-corrected chi connectivity index (χ1v) is 10.3. The number of hydrogen-bond donors (Lipinski definition) is 1. The molecule has 1 aliphatic heterocycles. The highest BCUT2D eigenvalue weighted by atomic mass is 16.5. The molecule has 7 nitrogen and oxygen atoms in total. The molecule has 4 aliphatic carbocycles. The van der Waals surface area contributed by atoms with Crippen molar-refractivity contribution in [2.45, 2.75) is 6.42 Å². The summed E-state index contributed by atoms with van der Waals surface area (Å²) in [7, 11) is 1.58. The first-order valence-electron chi connectivity index (χ1n) is 10.3. The number of allylic oxidation sites excluding steroid dienone is 2. The number of nitrogens with zero attached hydrogens (tertiary/aromatic N) is 2. The Hall–Kier alpha value is -3.22. The second-order valence-corrected chi connectivity index (χ2v) is 8.68. The maximum absolute atomic E-state index is 13.1. The van der Waals surface area contributed by atoms with Crippen LogP contribution < -0.4 is 10.1 Å². The van der Waals surface area contributed by atoms with Crippen LogP contribution in [0.4, 0.5) is 5.69 Å². The summed E-state index contributed by atoms with van der Waals surface area (Å²) in [5.74, 6) is 0.704. The van der Waals surface area contributed by atoms with E-state index >= 15 is 0 Å². The van der Waals surface area contributed by atoms with E-state index in [1.165, 1.54) is 4.90 Å². The van der Waals surface area contributed by atoms with Crippen molar-refractivity contribution in [2.24, 2.45) is 35.5 Å². The minimum absolute atomic E-state index is 0.157. The van der Waals surface area contributed by atoms with Gasteiger partial charge in [-0.05, 0) is 48.3 Å². The van der Waals surface area contributed by atoms with Crippen LogP contribution in [0.2, 0.25) is 0 Å². The molecular formula is C23H21N3O4. The van der Waals surface area contributed by atoms with E-state index in [0.717, 1.165) is 11.8 Å². The van der Waals surface area contributed by atoms with Crippen LogP contribution in [0.15, 0.2) is 42.6 Å². The fourth-order valence-corrected chi connectivity index (χ4v) is 5.94. The third kappa shape index (κ3) is 2.32. The zero-order chi connectivity index (χ0) is 20.6. The fraction of sp³-hybridized carbons (Fsp3) is 0.391. The topological polar surface area (TPSA) is 88.6 Å². The Morgan fingerprint density at radius 1 is 1.13 bits per heavy atom. The van der Waals surface area contributed by atoms with E-state index in [4.69, 9.17) is 4.74 Å². The molecule has 30 heavy (non-hydrogen) atoms. The van der Waals surface area contributed by atoms with Gasteiger partial charge in [-0.3, -0.25) is 24.3 Å². The number of pyridine rings is 1. The summed E-state index contributed by atoms with van der Waals surface area (Å²) in [6.45, 7) is -0.264. The molecule has 3 amide bonds. The molecule has 1 saturated heterocycles. The number of anilines is 1. The van der Waals surface area contributed by atoms with Crippen molar-refractivity contribution in [2.75, 3.05) is 19.0 Å². The molecular weight excluding hydrogens is 382 g/mol. The van der Waals surface area contributed by atoms with Crippen molar-refractivity contribution in [3.8, 4) is 5.75 Å². The van der Waals surface area contributed by atoms with E-state index in [-0.39, 0.29) is 42.0 Å². The zero-order valence-corrected chi connectivity index (χ0v) is 16.4. The summed E-state index contributed by atoms with van der Waals surface area (Å²) >= 11 is 0. The van der Waals surface area contributed by atoms with Crippen LogP contribution in [-0.4, -0.2) is 41.3 Å². The highest BCUT2D eigenvalue weighted by Gasteiger charge is 2.67. The molecule has 5 aliphatic rings. The number of fused-ring (bicyclic) bond motifs is 1. The third-order valence-corrected chi connectivity index (χ3v) is 7.28. The van der Waals surface area contributed by atoms with Gasteiger partial charge in [0, 0.05) is 11.6 Å². The Balaban J connectivity index is 1.23. The summed E-state index contributed by atoms with van der Waals surface area (Å²) in [4.78, 5) is 44.4. The number of aromatic nitrogens is 1. The zero-order valence-electron chi connectivity index (χ0n) is 16.4. The molecule has 6 atom stereocenters. The maximum atomic E-state index is 13.1. The van der Waals surface area contributed by atoms with Crippen LogP contribution in [0.25, 0.3) is 10.9 Å². The van der Waals surface area contributed by atoms with Gasteiger partial charge >= 0.3 is 0 Å². The Kier molecular flexibility index (Phi) is 3.61. The number of imide groups is 1. The first-order chi connectivity index (χ1) is 14.6. The van der Waals surface area contributed by atoms with E-state index in [2.05, 4.69) is 22.5 Å². The largest absolute Gasteiger partial charge is 0.496 e. The number of para-hydroxylation sites is 1. The number of nitrogens with one attached hydrogen (secondary N) is 1. The molecule has 1 aromatic heterocycles. The van der Waals surface area contributed by atoms with Crippen molar-refractivity contribution < 1.29 is 19.1 Å². The molecule has 2 saturated carbocycles. The number of rotatable bonds is 4. The Bertz CT molecular complexity index is 1110. The van der Waals surface area contributed by atoms with E-state index in [0.29, 0.717) is 28.8 Å². The second-order valence-electron chi connectivity index (χ2n) is 8.68. The van der Waals surface area contributed by atoms with Gasteiger partial charge in [0.15, 0.2) is 0 Å². The second kappa shape index (κ2) is 6.14. The standard InChI is InChI=1S/C23H21N3O4/c1-30-17-7-8-24-21-13(17)3-2-4-16(21)25-18(27)10-26-22(28)19-11-5-6-12(15-9-14(11)15)20(19)23(26)29/h2-8,11-12,14-15,19-20H,9-10H2,1H3,(H,25,27). The lowest BCUT2D eigenvalue weighted by Gasteiger charge is -2.37. The third-order valence-electron chi connectivity index (χ3n) is 7.28. The van der Waals surface area contributed by atoms with Gasteiger partial charge in [-0.1, -0.05) is 18.2 Å². The van der Waals surface area contributed by atoms with Crippen LogP contribution in [0.1, 0.15) is 6.42 Å². The SMILES string of the molecule is COc1ccnc2c(NC(=O)CN3C(=O)C4C5C=CC(C6CC56)C4C3=O)cccc12. The molecule has 7 heteroatoms. The van der Waals surface area contributed by atoms with E-state index in [9.17, 15) is 14.4 Å². The highest BCUT2D eigenvalue weighted by Crippen LogP contribution is 2.65. The number of ether oxygens (including phenoxy) is 1. The molecule has 2 bridgehead atoms. The molecule has 1 aromatic carbocycles. The number of likely N-dealkylation sites (tertiary alicyclic amines) is 1. The van der Waals surface area contributed by atoms with Crippen molar-refractivity contribution in [1.82, 2.24) is 9.88 Å². The number of carbonyl (C=O) groups excluding carboxylic acids is 3. The molecule has 152 valence electrons. The summed E-state index contributed by atoms with van der Waals surface area (Å²) in [6, 6.07) is 7.17. The van der Waals surface area contributed by atoms with Crippen molar-refractivity contribution in [1.29, 1.82) is 0 Å². The predicted molar refractivity (Wildman–Crippen MR) is 108 cm³/mol. The van der Waals surface area contributed by atoms with Gasteiger partial charge in [-0.25, -0.2) is 0 Å². The maximum Gasteiger partial charge on any atom is 0.244 e. The molecule has 2 aromatic rings. The number of amides is 3. The summed E-state index contributed by atoms with van der Waals surface area (Å²) in [5, 5.41) is 3.60. The van der Waals surface area contributed by atoms with Crippen molar-refractivity contribution >= 4 is 34.3 Å². The van der Waals surface area contributed by atoms with Crippen LogP contribution in [0, 0.1) is 35.5 Å². The van der Waals surface area contributed by atoms with Gasteiger partial charge in [-0.2, -0.15) is 0 Å². The molecule has 3 fully saturated rings. The van der Waals surface area contributed by atoms with Gasteiger partial charge in [0.05, 0.1) is 30.1 Å². The van der Waals surface area contributed by atoms with E-state index in [1.807, 2.05) is 6.07 Å². The lowest BCUT2D eigenvalue weighted by Crippen LogP contribution is -2.40.